The van der Waals surface area contributed by atoms with Crippen molar-refractivity contribution in [1.29, 1.82) is 0 Å². The van der Waals surface area contributed by atoms with Crippen molar-refractivity contribution < 1.29 is 17.7 Å². The molecule has 25 heavy (non-hydrogen) atoms. The molecular weight excluding hydrogens is 337 g/mol. The van der Waals surface area contributed by atoms with Gasteiger partial charge in [-0.2, -0.15) is 18.3 Å². The smallest absolute Gasteiger partial charge is 0.361 e. The van der Waals surface area contributed by atoms with E-state index in [1.54, 1.807) is 25.3 Å². The first-order valence-electron chi connectivity index (χ1n) is 7.28. The molecular formula is C16H13F3N4O2. The predicted molar refractivity (Wildman–Crippen MR) is 81.8 cm³/mol. The van der Waals surface area contributed by atoms with E-state index in [-0.39, 0.29) is 6.54 Å². The summed E-state index contributed by atoms with van der Waals surface area (Å²) >= 11 is 0. The van der Waals surface area contributed by atoms with E-state index in [0.717, 1.165) is 10.4 Å². The Balaban J connectivity index is 1.98. The average Bonchev–Trinajstić information content (AvgIpc) is 2.90. The van der Waals surface area contributed by atoms with Crippen LogP contribution < -0.4 is 5.56 Å². The number of aryl methyl sites for hydroxylation is 2. The van der Waals surface area contributed by atoms with Crippen molar-refractivity contribution in [3.8, 4) is 11.3 Å². The van der Waals surface area contributed by atoms with Crippen LogP contribution in [0.4, 0.5) is 13.2 Å². The summed E-state index contributed by atoms with van der Waals surface area (Å²) < 4.78 is 44.0. The number of alkyl halides is 3. The van der Waals surface area contributed by atoms with E-state index >= 15 is 0 Å². The van der Waals surface area contributed by atoms with Crippen molar-refractivity contribution in [1.82, 2.24) is 19.9 Å². The lowest BCUT2D eigenvalue weighted by Crippen LogP contribution is -2.25. The first-order valence-corrected chi connectivity index (χ1v) is 7.28. The Hall–Kier alpha value is -2.97. The van der Waals surface area contributed by atoms with Crippen LogP contribution in [0.15, 0.2) is 39.9 Å². The summed E-state index contributed by atoms with van der Waals surface area (Å²) in [6.45, 7) is 3.43. The van der Waals surface area contributed by atoms with Gasteiger partial charge in [-0.3, -0.25) is 9.78 Å². The lowest BCUT2D eigenvalue weighted by atomic mass is 10.1. The van der Waals surface area contributed by atoms with Gasteiger partial charge in [0.25, 0.3) is 5.56 Å². The summed E-state index contributed by atoms with van der Waals surface area (Å²) in [5, 5.41) is 7.57. The molecule has 0 aliphatic heterocycles. The standard InChI is InChI=1S/C16H13F3N4O2/c1-9-3-4-11(6-20-9)15-13(10(2)25-22-15)8-23-14(24)5-12(7-21-23)16(17,18)19/h3-7H,8H2,1-2H3. The first-order chi connectivity index (χ1) is 11.8. The number of nitrogens with zero attached hydrogens (tertiary/aromatic N) is 4. The monoisotopic (exact) mass is 350 g/mol. The molecule has 0 bridgehead atoms. The topological polar surface area (TPSA) is 73.8 Å². The second kappa shape index (κ2) is 6.15. The largest absolute Gasteiger partial charge is 0.418 e. The van der Waals surface area contributed by atoms with E-state index in [9.17, 15) is 18.0 Å². The van der Waals surface area contributed by atoms with Gasteiger partial charge in [0, 0.05) is 29.1 Å². The molecule has 0 saturated heterocycles. The van der Waals surface area contributed by atoms with Gasteiger partial charge in [0.15, 0.2) is 0 Å². The molecule has 9 heteroatoms. The molecule has 0 fully saturated rings. The van der Waals surface area contributed by atoms with Gasteiger partial charge in [0.2, 0.25) is 0 Å². The van der Waals surface area contributed by atoms with E-state index < -0.39 is 17.3 Å². The zero-order valence-electron chi connectivity index (χ0n) is 13.3. The SMILES string of the molecule is Cc1ccc(-c2noc(C)c2Cn2ncc(C(F)(F)F)cc2=O)cn1. The van der Waals surface area contributed by atoms with Crippen molar-refractivity contribution in [3.05, 3.63) is 63.5 Å². The van der Waals surface area contributed by atoms with Gasteiger partial charge in [0.1, 0.15) is 11.5 Å². The molecule has 0 atom stereocenters. The van der Waals surface area contributed by atoms with Gasteiger partial charge in [0.05, 0.1) is 18.3 Å². The van der Waals surface area contributed by atoms with Gasteiger partial charge in [-0.15, -0.1) is 0 Å². The van der Waals surface area contributed by atoms with Gasteiger partial charge in [-0.1, -0.05) is 5.16 Å². The normalized spacial score (nSPS) is 11.7. The van der Waals surface area contributed by atoms with E-state index in [0.29, 0.717) is 34.8 Å². The minimum Gasteiger partial charge on any atom is -0.361 e. The highest BCUT2D eigenvalue weighted by atomic mass is 19.4. The Kier molecular flexibility index (Phi) is 4.15. The number of hydrogen-bond acceptors (Lipinski definition) is 5. The lowest BCUT2D eigenvalue weighted by molar-refractivity contribution is -0.138. The van der Waals surface area contributed by atoms with Crippen molar-refractivity contribution >= 4 is 0 Å². The maximum Gasteiger partial charge on any atom is 0.418 e. The fraction of sp³-hybridized carbons (Fsp3) is 0.250. The highest BCUT2D eigenvalue weighted by Gasteiger charge is 2.31. The van der Waals surface area contributed by atoms with Crippen LogP contribution in [-0.4, -0.2) is 19.9 Å². The highest BCUT2D eigenvalue weighted by molar-refractivity contribution is 5.62. The molecule has 0 aliphatic carbocycles. The summed E-state index contributed by atoms with van der Waals surface area (Å²) in [6.07, 6.45) is -2.38. The highest BCUT2D eigenvalue weighted by Crippen LogP contribution is 2.28. The molecule has 6 nitrogen and oxygen atoms in total. The van der Waals surface area contributed by atoms with Gasteiger partial charge >= 0.3 is 6.18 Å². The van der Waals surface area contributed by atoms with E-state index in [2.05, 4.69) is 15.2 Å². The molecule has 3 aromatic rings. The summed E-state index contributed by atoms with van der Waals surface area (Å²) in [7, 11) is 0. The third-order valence-corrected chi connectivity index (χ3v) is 3.67. The molecule has 0 unspecified atom stereocenters. The van der Waals surface area contributed by atoms with Gasteiger partial charge in [-0.25, -0.2) is 4.68 Å². The van der Waals surface area contributed by atoms with Crippen LogP contribution in [0.5, 0.6) is 0 Å². The Bertz CT molecular complexity index is 959. The van der Waals surface area contributed by atoms with E-state index in [1.807, 2.05) is 6.92 Å². The zero-order valence-corrected chi connectivity index (χ0v) is 13.3. The molecule has 130 valence electrons. The minimum absolute atomic E-state index is 0.0600. The summed E-state index contributed by atoms with van der Waals surface area (Å²) in [5.74, 6) is 0.448. The van der Waals surface area contributed by atoms with Crippen molar-refractivity contribution in [3.63, 3.8) is 0 Å². The molecule has 0 N–H and O–H groups in total. The first kappa shape index (κ1) is 16.9. The van der Waals surface area contributed by atoms with Crippen molar-refractivity contribution in [2.45, 2.75) is 26.6 Å². The van der Waals surface area contributed by atoms with Crippen LogP contribution in [0.3, 0.4) is 0 Å². The minimum atomic E-state index is -4.61. The zero-order chi connectivity index (χ0) is 18.2. The number of rotatable bonds is 3. The van der Waals surface area contributed by atoms with Crippen molar-refractivity contribution in [2.75, 3.05) is 0 Å². The molecule has 3 heterocycles. The maximum atomic E-state index is 12.6. The van der Waals surface area contributed by atoms with Crippen LogP contribution >= 0.6 is 0 Å². The summed E-state index contributed by atoms with van der Waals surface area (Å²) in [6, 6.07) is 4.11. The Morgan fingerprint density at radius 2 is 1.96 bits per heavy atom. The Morgan fingerprint density at radius 3 is 2.56 bits per heavy atom. The fourth-order valence-electron chi connectivity index (χ4n) is 2.27. The third-order valence-electron chi connectivity index (χ3n) is 3.67. The maximum absolute atomic E-state index is 12.6. The molecule has 0 saturated carbocycles. The predicted octanol–water partition coefficient (Wildman–Crippen LogP) is 2.98. The number of hydrogen-bond donors (Lipinski definition) is 0. The van der Waals surface area contributed by atoms with E-state index in [1.165, 1.54) is 0 Å². The quantitative estimate of drug-likeness (QED) is 0.726. The molecule has 0 radical (unpaired) electrons. The van der Waals surface area contributed by atoms with Gasteiger partial charge < -0.3 is 4.52 Å². The van der Waals surface area contributed by atoms with Crippen LogP contribution in [0.2, 0.25) is 0 Å². The molecule has 3 rings (SSSR count). The van der Waals surface area contributed by atoms with Crippen LogP contribution in [0.1, 0.15) is 22.6 Å². The second-order valence-corrected chi connectivity index (χ2v) is 5.49. The molecule has 0 amide bonds. The van der Waals surface area contributed by atoms with Crippen molar-refractivity contribution in [2.24, 2.45) is 0 Å². The summed E-state index contributed by atoms with van der Waals surface area (Å²) in [5.41, 5.74) is 0.587. The molecule has 0 aromatic carbocycles. The number of pyridine rings is 1. The molecule has 3 aromatic heterocycles. The van der Waals surface area contributed by atoms with E-state index in [4.69, 9.17) is 4.52 Å². The lowest BCUT2D eigenvalue weighted by Gasteiger charge is -2.08. The van der Waals surface area contributed by atoms with Crippen LogP contribution in [0, 0.1) is 13.8 Å². The van der Waals surface area contributed by atoms with Crippen LogP contribution in [-0.2, 0) is 12.7 Å². The fourth-order valence-corrected chi connectivity index (χ4v) is 2.27. The number of halogens is 3. The Labute approximate surface area is 139 Å². The third kappa shape index (κ3) is 3.44. The number of aromatic nitrogens is 4. The molecule has 0 spiro atoms. The molecule has 0 aliphatic rings. The summed E-state index contributed by atoms with van der Waals surface area (Å²) in [4.78, 5) is 16.1. The van der Waals surface area contributed by atoms with Crippen LogP contribution in [0.25, 0.3) is 11.3 Å². The average molecular weight is 350 g/mol. The second-order valence-electron chi connectivity index (χ2n) is 5.49. The van der Waals surface area contributed by atoms with Gasteiger partial charge in [-0.05, 0) is 26.0 Å². The Morgan fingerprint density at radius 1 is 1.20 bits per heavy atom.